The Kier molecular flexibility index (Phi) is 4.75. The number of hydrogen-bond acceptors (Lipinski definition) is 4. The molecule has 2 aromatic rings. The molecule has 0 radical (unpaired) electrons. The molecule has 2 N–H and O–H groups in total. The zero-order valence-corrected chi connectivity index (χ0v) is 13.4. The maximum atomic E-state index is 12.1. The van der Waals surface area contributed by atoms with Crippen LogP contribution < -0.4 is 10.6 Å². The van der Waals surface area contributed by atoms with Crippen LogP contribution in [0.25, 0.3) is 0 Å². The number of nitrogens with zero attached hydrogens (tertiary/aromatic N) is 2. The van der Waals surface area contributed by atoms with E-state index in [2.05, 4.69) is 48.5 Å². The highest BCUT2D eigenvalue weighted by atomic mass is 16.1. The maximum Gasteiger partial charge on any atom is 0.276 e. The van der Waals surface area contributed by atoms with Gasteiger partial charge in [-0.3, -0.25) is 4.79 Å². The third-order valence-electron chi connectivity index (χ3n) is 3.59. The first-order valence-electron chi connectivity index (χ1n) is 7.33. The van der Waals surface area contributed by atoms with E-state index in [4.69, 9.17) is 0 Å². The molecule has 0 aliphatic carbocycles. The number of aromatic nitrogens is 2. The van der Waals surface area contributed by atoms with E-state index < -0.39 is 0 Å². The van der Waals surface area contributed by atoms with Crippen molar-refractivity contribution in [2.45, 2.75) is 33.7 Å². The van der Waals surface area contributed by atoms with Crippen LogP contribution in [-0.2, 0) is 0 Å². The average molecular weight is 298 g/mol. The first-order valence-corrected chi connectivity index (χ1v) is 7.33. The first kappa shape index (κ1) is 15.9. The monoisotopic (exact) mass is 298 g/mol. The van der Waals surface area contributed by atoms with Crippen molar-refractivity contribution >= 4 is 17.4 Å². The van der Waals surface area contributed by atoms with Crippen molar-refractivity contribution in [2.75, 3.05) is 10.6 Å². The first-order chi connectivity index (χ1) is 10.4. The zero-order chi connectivity index (χ0) is 16.2. The van der Waals surface area contributed by atoms with Gasteiger partial charge < -0.3 is 10.6 Å². The Morgan fingerprint density at radius 3 is 2.27 bits per heavy atom. The second-order valence-electron chi connectivity index (χ2n) is 6.36. The molecule has 1 aromatic heterocycles. The van der Waals surface area contributed by atoms with E-state index in [0.29, 0.717) is 5.82 Å². The standard InChI is InChI=1S/C17H22N4O/c1-12(17(2,3)4)18-15-11-10-14(20-21-15)16(22)19-13-8-6-5-7-9-13/h5-12H,1-4H3,(H,18,21)(H,19,22). The molecule has 1 atom stereocenters. The van der Waals surface area contributed by atoms with E-state index in [0.717, 1.165) is 5.69 Å². The van der Waals surface area contributed by atoms with Gasteiger partial charge in [-0.05, 0) is 36.6 Å². The smallest absolute Gasteiger partial charge is 0.276 e. The Hall–Kier alpha value is -2.43. The van der Waals surface area contributed by atoms with E-state index in [1.807, 2.05) is 30.3 Å². The van der Waals surface area contributed by atoms with Crippen LogP contribution in [0.15, 0.2) is 42.5 Å². The predicted molar refractivity (Wildman–Crippen MR) is 89.0 cm³/mol. The number of anilines is 2. The Bertz CT molecular complexity index is 617. The minimum absolute atomic E-state index is 0.116. The van der Waals surface area contributed by atoms with Gasteiger partial charge in [0, 0.05) is 11.7 Å². The van der Waals surface area contributed by atoms with Gasteiger partial charge in [0.1, 0.15) is 5.82 Å². The summed E-state index contributed by atoms with van der Waals surface area (Å²) in [7, 11) is 0. The molecule has 1 heterocycles. The number of rotatable bonds is 4. The van der Waals surface area contributed by atoms with Crippen molar-refractivity contribution in [3.63, 3.8) is 0 Å². The highest BCUT2D eigenvalue weighted by molar-refractivity contribution is 6.02. The van der Waals surface area contributed by atoms with Gasteiger partial charge in [0.05, 0.1) is 0 Å². The van der Waals surface area contributed by atoms with Crippen LogP contribution in [0.2, 0.25) is 0 Å². The molecule has 0 spiro atoms. The number of benzene rings is 1. The molecular weight excluding hydrogens is 276 g/mol. The molecule has 0 saturated carbocycles. The highest BCUT2D eigenvalue weighted by Crippen LogP contribution is 2.21. The quantitative estimate of drug-likeness (QED) is 0.905. The van der Waals surface area contributed by atoms with Gasteiger partial charge >= 0.3 is 0 Å². The fourth-order valence-corrected chi connectivity index (χ4v) is 1.69. The Morgan fingerprint density at radius 2 is 1.73 bits per heavy atom. The lowest BCUT2D eigenvalue weighted by molar-refractivity contribution is 0.102. The summed E-state index contributed by atoms with van der Waals surface area (Å²) in [5.74, 6) is 0.396. The molecule has 0 bridgehead atoms. The van der Waals surface area contributed by atoms with Crippen LogP contribution in [0.5, 0.6) is 0 Å². The van der Waals surface area contributed by atoms with Gasteiger partial charge in [-0.1, -0.05) is 39.0 Å². The molecule has 1 unspecified atom stereocenters. The molecule has 22 heavy (non-hydrogen) atoms. The molecule has 0 aliphatic rings. The van der Waals surface area contributed by atoms with E-state index in [9.17, 15) is 4.79 Å². The van der Waals surface area contributed by atoms with Gasteiger partial charge in [0.15, 0.2) is 5.69 Å². The van der Waals surface area contributed by atoms with E-state index in [1.54, 1.807) is 12.1 Å². The molecule has 0 fully saturated rings. The fraction of sp³-hybridized carbons (Fsp3) is 0.353. The van der Waals surface area contributed by atoms with Crippen molar-refractivity contribution in [3.05, 3.63) is 48.2 Å². The minimum Gasteiger partial charge on any atom is -0.366 e. The molecule has 1 amide bonds. The number of amides is 1. The van der Waals surface area contributed by atoms with Crippen LogP contribution in [0.1, 0.15) is 38.2 Å². The maximum absolute atomic E-state index is 12.1. The van der Waals surface area contributed by atoms with Crippen molar-refractivity contribution in [1.29, 1.82) is 0 Å². The van der Waals surface area contributed by atoms with Crippen molar-refractivity contribution in [1.82, 2.24) is 10.2 Å². The fourth-order valence-electron chi connectivity index (χ4n) is 1.69. The van der Waals surface area contributed by atoms with Gasteiger partial charge in [-0.15, -0.1) is 10.2 Å². The zero-order valence-electron chi connectivity index (χ0n) is 13.4. The minimum atomic E-state index is -0.269. The van der Waals surface area contributed by atoms with Gasteiger partial charge in [0.25, 0.3) is 5.91 Å². The number of para-hydroxylation sites is 1. The van der Waals surface area contributed by atoms with Gasteiger partial charge in [-0.25, -0.2) is 0 Å². The lowest BCUT2D eigenvalue weighted by Crippen LogP contribution is -2.31. The molecule has 2 rings (SSSR count). The SMILES string of the molecule is CC(Nc1ccc(C(=O)Nc2ccccc2)nn1)C(C)(C)C. The summed E-state index contributed by atoms with van der Waals surface area (Å²) in [4.78, 5) is 12.1. The van der Waals surface area contributed by atoms with Crippen LogP contribution in [0.3, 0.4) is 0 Å². The Labute approximate surface area is 131 Å². The molecule has 5 nitrogen and oxygen atoms in total. The third-order valence-corrected chi connectivity index (χ3v) is 3.59. The molecule has 116 valence electrons. The number of nitrogens with one attached hydrogen (secondary N) is 2. The lowest BCUT2D eigenvalue weighted by atomic mass is 9.88. The van der Waals surface area contributed by atoms with E-state index in [-0.39, 0.29) is 23.1 Å². The third kappa shape index (κ3) is 4.28. The van der Waals surface area contributed by atoms with Crippen LogP contribution in [0, 0.1) is 5.41 Å². The van der Waals surface area contributed by atoms with Crippen molar-refractivity contribution in [2.24, 2.45) is 5.41 Å². The average Bonchev–Trinajstić information content (AvgIpc) is 2.48. The topological polar surface area (TPSA) is 66.9 Å². The molecular formula is C17H22N4O. The van der Waals surface area contributed by atoms with Crippen molar-refractivity contribution < 1.29 is 4.79 Å². The molecule has 0 aliphatic heterocycles. The summed E-state index contributed by atoms with van der Waals surface area (Å²) >= 11 is 0. The normalized spacial score (nSPS) is 12.5. The van der Waals surface area contributed by atoms with E-state index >= 15 is 0 Å². The van der Waals surface area contributed by atoms with Gasteiger partial charge in [-0.2, -0.15) is 0 Å². The Morgan fingerprint density at radius 1 is 1.05 bits per heavy atom. The Balaban J connectivity index is 2.01. The molecule has 1 aromatic carbocycles. The van der Waals surface area contributed by atoms with Crippen LogP contribution in [-0.4, -0.2) is 22.1 Å². The largest absolute Gasteiger partial charge is 0.366 e. The van der Waals surface area contributed by atoms with Crippen LogP contribution >= 0.6 is 0 Å². The number of hydrogen-bond donors (Lipinski definition) is 2. The summed E-state index contributed by atoms with van der Waals surface area (Å²) in [5, 5.41) is 14.1. The van der Waals surface area contributed by atoms with Gasteiger partial charge in [0.2, 0.25) is 0 Å². The summed E-state index contributed by atoms with van der Waals surface area (Å²) in [6, 6.07) is 13.0. The summed E-state index contributed by atoms with van der Waals surface area (Å²) in [6.45, 7) is 8.55. The van der Waals surface area contributed by atoms with Crippen LogP contribution in [0.4, 0.5) is 11.5 Å². The lowest BCUT2D eigenvalue weighted by Gasteiger charge is -2.28. The summed E-state index contributed by atoms with van der Waals surface area (Å²) < 4.78 is 0. The molecule has 0 saturated heterocycles. The number of carbonyl (C=O) groups is 1. The molecule has 5 heteroatoms. The highest BCUT2D eigenvalue weighted by Gasteiger charge is 2.20. The van der Waals surface area contributed by atoms with E-state index in [1.165, 1.54) is 0 Å². The predicted octanol–water partition coefficient (Wildman–Crippen LogP) is 3.58. The number of carbonyl (C=O) groups excluding carboxylic acids is 1. The summed E-state index contributed by atoms with van der Waals surface area (Å²) in [5.41, 5.74) is 1.14. The van der Waals surface area contributed by atoms with Crippen molar-refractivity contribution in [3.8, 4) is 0 Å². The second-order valence-corrected chi connectivity index (χ2v) is 6.36. The second kappa shape index (κ2) is 6.56. The summed E-state index contributed by atoms with van der Waals surface area (Å²) in [6.07, 6.45) is 0.